The molecule has 1 aromatic carbocycles. The highest BCUT2D eigenvalue weighted by Crippen LogP contribution is 2.29. The van der Waals surface area contributed by atoms with Gasteiger partial charge in [0.1, 0.15) is 10.6 Å². The van der Waals surface area contributed by atoms with Crippen molar-refractivity contribution in [2.45, 2.75) is 17.7 Å². The van der Waals surface area contributed by atoms with Crippen molar-refractivity contribution in [1.82, 2.24) is 4.31 Å². The molecule has 0 saturated carbocycles. The molecule has 0 heterocycles. The molecule has 1 rings (SSSR count). The fourth-order valence-corrected chi connectivity index (χ4v) is 3.55. The normalized spacial score (nSPS) is 10.9. The summed E-state index contributed by atoms with van der Waals surface area (Å²) in [6.45, 7) is 0.0202. The number of nitriles is 2. The van der Waals surface area contributed by atoms with E-state index in [9.17, 15) is 8.42 Å². The molecule has 6 nitrogen and oxygen atoms in total. The predicted octanol–water partition coefficient (Wildman–Crippen LogP) is 2.17. The third-order valence-corrected chi connectivity index (χ3v) is 4.84. The van der Waals surface area contributed by atoms with Gasteiger partial charge in [-0.05, 0) is 18.2 Å². The highest BCUT2D eigenvalue weighted by molar-refractivity contribution is 7.89. The monoisotopic (exact) mass is 327 g/mol. The number of methoxy groups -OCH3 is 1. The molecule has 0 fully saturated rings. The molecule has 0 unspecified atom stereocenters. The number of sulfonamides is 1. The summed E-state index contributed by atoms with van der Waals surface area (Å²) in [6.07, 6.45) is 0.0705. The number of hydrogen-bond donors (Lipinski definition) is 0. The first-order chi connectivity index (χ1) is 9.97. The van der Waals surface area contributed by atoms with Crippen LogP contribution in [0.1, 0.15) is 12.8 Å². The maximum atomic E-state index is 12.6. The van der Waals surface area contributed by atoms with Crippen molar-refractivity contribution in [3.63, 3.8) is 0 Å². The summed E-state index contributed by atoms with van der Waals surface area (Å²) in [5.74, 6) is 0.165. The molecule has 0 saturated heterocycles. The van der Waals surface area contributed by atoms with Crippen molar-refractivity contribution >= 4 is 21.6 Å². The van der Waals surface area contributed by atoms with Crippen molar-refractivity contribution < 1.29 is 13.2 Å². The molecule has 0 aliphatic rings. The summed E-state index contributed by atoms with van der Waals surface area (Å²) in [5.41, 5.74) is 0. The second kappa shape index (κ2) is 7.84. The van der Waals surface area contributed by atoms with Gasteiger partial charge in [0.25, 0.3) is 0 Å². The number of hydrogen-bond acceptors (Lipinski definition) is 5. The predicted molar refractivity (Wildman–Crippen MR) is 77.2 cm³/mol. The van der Waals surface area contributed by atoms with Crippen LogP contribution < -0.4 is 4.74 Å². The van der Waals surface area contributed by atoms with E-state index in [4.69, 9.17) is 26.9 Å². The van der Waals surface area contributed by atoms with Gasteiger partial charge in [-0.2, -0.15) is 14.8 Å². The maximum absolute atomic E-state index is 12.6. The number of rotatable bonds is 7. The van der Waals surface area contributed by atoms with Crippen molar-refractivity contribution in [3.8, 4) is 17.9 Å². The second-order valence-corrected chi connectivity index (χ2v) is 6.36. The Labute approximate surface area is 129 Å². The Morgan fingerprint density at radius 3 is 2.29 bits per heavy atom. The zero-order valence-electron chi connectivity index (χ0n) is 11.4. The molecule has 0 N–H and O–H groups in total. The molecule has 8 heteroatoms. The second-order valence-electron chi connectivity index (χ2n) is 4.02. The minimum atomic E-state index is -3.89. The molecule has 0 bridgehead atoms. The Balaban J connectivity index is 3.25. The minimum absolute atomic E-state index is 0.0101. The van der Waals surface area contributed by atoms with E-state index < -0.39 is 10.0 Å². The van der Waals surface area contributed by atoms with E-state index in [1.165, 1.54) is 25.3 Å². The van der Waals surface area contributed by atoms with Gasteiger partial charge in [0, 0.05) is 31.0 Å². The Morgan fingerprint density at radius 2 is 1.81 bits per heavy atom. The minimum Gasteiger partial charge on any atom is -0.495 e. The molecular formula is C13H14ClN3O3S. The lowest BCUT2D eigenvalue weighted by Crippen LogP contribution is -2.33. The van der Waals surface area contributed by atoms with Crippen LogP contribution in [0, 0.1) is 22.7 Å². The van der Waals surface area contributed by atoms with Gasteiger partial charge in [-0.15, -0.1) is 0 Å². The average Bonchev–Trinajstić information content (AvgIpc) is 2.47. The quantitative estimate of drug-likeness (QED) is 0.765. The first-order valence-corrected chi connectivity index (χ1v) is 7.86. The van der Waals surface area contributed by atoms with Crippen LogP contribution in [0.5, 0.6) is 5.75 Å². The molecule has 21 heavy (non-hydrogen) atoms. The van der Waals surface area contributed by atoms with Crippen LogP contribution in [0.25, 0.3) is 0 Å². The summed E-state index contributed by atoms with van der Waals surface area (Å²) >= 11 is 5.85. The fraction of sp³-hybridized carbons (Fsp3) is 0.385. The standard InChI is InChI=1S/C13H14ClN3O3S/c1-20-12-5-4-11(14)10-13(12)21(18,19)17(8-2-6-15)9-3-7-16/h4-5,10H,2-3,8-9H2,1H3. The lowest BCUT2D eigenvalue weighted by molar-refractivity contribution is 0.392. The van der Waals surface area contributed by atoms with Gasteiger partial charge in [0.15, 0.2) is 0 Å². The summed E-state index contributed by atoms with van der Waals surface area (Å²) in [7, 11) is -2.53. The smallest absolute Gasteiger partial charge is 0.246 e. The highest BCUT2D eigenvalue weighted by Gasteiger charge is 2.27. The van der Waals surface area contributed by atoms with E-state index in [-0.39, 0.29) is 41.6 Å². The van der Waals surface area contributed by atoms with Crippen molar-refractivity contribution in [1.29, 1.82) is 10.5 Å². The van der Waals surface area contributed by atoms with Crippen LogP contribution in [0.2, 0.25) is 5.02 Å². The fourth-order valence-electron chi connectivity index (χ4n) is 1.69. The van der Waals surface area contributed by atoms with Gasteiger partial charge in [-0.3, -0.25) is 0 Å². The first-order valence-electron chi connectivity index (χ1n) is 6.05. The van der Waals surface area contributed by atoms with Gasteiger partial charge in [0.05, 0.1) is 19.2 Å². The number of ether oxygens (including phenoxy) is 1. The van der Waals surface area contributed by atoms with E-state index in [0.717, 1.165) is 4.31 Å². The van der Waals surface area contributed by atoms with Crippen LogP contribution >= 0.6 is 11.6 Å². The summed E-state index contributed by atoms with van der Waals surface area (Å²) in [5, 5.41) is 17.5. The maximum Gasteiger partial charge on any atom is 0.246 e. The molecule has 0 atom stereocenters. The van der Waals surface area contributed by atoms with Gasteiger partial charge >= 0.3 is 0 Å². The molecular weight excluding hydrogens is 314 g/mol. The molecule has 112 valence electrons. The van der Waals surface area contributed by atoms with E-state index in [0.29, 0.717) is 0 Å². The van der Waals surface area contributed by atoms with Crippen LogP contribution in [0.4, 0.5) is 0 Å². The Hall–Kier alpha value is -1.80. The topological polar surface area (TPSA) is 94.2 Å². The van der Waals surface area contributed by atoms with Gasteiger partial charge in [0.2, 0.25) is 10.0 Å². The Morgan fingerprint density at radius 1 is 1.24 bits per heavy atom. The van der Waals surface area contributed by atoms with E-state index in [1.54, 1.807) is 0 Å². The van der Waals surface area contributed by atoms with Crippen LogP contribution in [-0.2, 0) is 10.0 Å². The Bertz CT molecular complexity index is 659. The Kier molecular flexibility index (Phi) is 6.44. The van der Waals surface area contributed by atoms with E-state index in [2.05, 4.69) is 0 Å². The molecule has 0 aromatic heterocycles. The lowest BCUT2D eigenvalue weighted by Gasteiger charge is -2.21. The number of benzene rings is 1. The first kappa shape index (κ1) is 17.3. The summed E-state index contributed by atoms with van der Waals surface area (Å²) < 4.78 is 31.4. The van der Waals surface area contributed by atoms with Gasteiger partial charge in [-0.1, -0.05) is 11.6 Å². The molecule has 1 aromatic rings. The van der Waals surface area contributed by atoms with Crippen LogP contribution in [-0.4, -0.2) is 32.9 Å². The third-order valence-electron chi connectivity index (χ3n) is 2.69. The lowest BCUT2D eigenvalue weighted by atomic mass is 10.3. The van der Waals surface area contributed by atoms with E-state index >= 15 is 0 Å². The van der Waals surface area contributed by atoms with Crippen molar-refractivity contribution in [3.05, 3.63) is 23.2 Å². The average molecular weight is 328 g/mol. The molecule has 0 aliphatic heterocycles. The molecule has 0 aliphatic carbocycles. The molecule has 0 spiro atoms. The highest BCUT2D eigenvalue weighted by atomic mass is 35.5. The van der Waals surface area contributed by atoms with Crippen LogP contribution in [0.3, 0.4) is 0 Å². The zero-order chi connectivity index (χ0) is 15.9. The van der Waals surface area contributed by atoms with Crippen LogP contribution in [0.15, 0.2) is 23.1 Å². The van der Waals surface area contributed by atoms with Crippen molar-refractivity contribution in [2.75, 3.05) is 20.2 Å². The molecule has 0 radical (unpaired) electrons. The zero-order valence-corrected chi connectivity index (χ0v) is 13.0. The largest absolute Gasteiger partial charge is 0.495 e. The third kappa shape index (κ3) is 4.33. The summed E-state index contributed by atoms with van der Waals surface area (Å²) in [4.78, 5) is -0.0756. The summed E-state index contributed by atoms with van der Waals surface area (Å²) in [6, 6.07) is 8.06. The van der Waals surface area contributed by atoms with Gasteiger partial charge in [-0.25, -0.2) is 8.42 Å². The van der Waals surface area contributed by atoms with Crippen molar-refractivity contribution in [2.24, 2.45) is 0 Å². The molecule has 0 amide bonds. The number of halogens is 1. The van der Waals surface area contributed by atoms with E-state index in [1.807, 2.05) is 12.1 Å². The SMILES string of the molecule is COc1ccc(Cl)cc1S(=O)(=O)N(CCC#N)CCC#N. The number of nitrogens with zero attached hydrogens (tertiary/aromatic N) is 3. The van der Waals surface area contributed by atoms with Gasteiger partial charge < -0.3 is 4.74 Å².